The summed E-state index contributed by atoms with van der Waals surface area (Å²) in [6.45, 7) is 11.0. The van der Waals surface area contributed by atoms with Gasteiger partial charge in [-0.1, -0.05) is 37.4 Å². The maximum absolute atomic E-state index is 11.6. The number of carbonyl (C=O) groups is 2. The van der Waals surface area contributed by atoms with Gasteiger partial charge < -0.3 is 9.47 Å². The van der Waals surface area contributed by atoms with E-state index in [2.05, 4.69) is 37.4 Å². The first-order valence-corrected chi connectivity index (χ1v) is 9.64. The lowest BCUT2D eigenvalue weighted by atomic mass is 9.82. The zero-order valence-electron chi connectivity index (χ0n) is 16.5. The third-order valence-electron chi connectivity index (χ3n) is 4.94. The van der Waals surface area contributed by atoms with E-state index in [9.17, 15) is 9.59 Å². The highest BCUT2D eigenvalue weighted by molar-refractivity contribution is 5.87. The maximum Gasteiger partial charge on any atom is 0.333 e. The topological polar surface area (TPSA) is 52.6 Å². The highest BCUT2D eigenvalue weighted by atomic mass is 16.5. The van der Waals surface area contributed by atoms with Gasteiger partial charge in [-0.15, -0.1) is 0 Å². The summed E-state index contributed by atoms with van der Waals surface area (Å²) in [5.41, 5.74) is 3.48. The summed E-state index contributed by atoms with van der Waals surface area (Å²) in [6, 6.07) is 8.70. The number of rotatable bonds is 8. The molecule has 0 unspecified atom stereocenters. The molecule has 1 aromatic carbocycles. The van der Waals surface area contributed by atoms with Crippen molar-refractivity contribution in [3.8, 4) is 0 Å². The fourth-order valence-corrected chi connectivity index (χ4v) is 3.29. The maximum atomic E-state index is 11.6. The Hall–Kier alpha value is -2.36. The van der Waals surface area contributed by atoms with Gasteiger partial charge in [0.05, 0.1) is 6.61 Å². The van der Waals surface area contributed by atoms with Crippen LogP contribution in [0.2, 0.25) is 0 Å². The van der Waals surface area contributed by atoms with E-state index in [0.717, 1.165) is 38.5 Å². The molecule has 0 radical (unpaired) electrons. The second kappa shape index (κ2) is 10.1. The molecule has 4 heteroatoms. The lowest BCUT2D eigenvalue weighted by Crippen LogP contribution is -2.24. The molecule has 146 valence electrons. The second-order valence-electron chi connectivity index (χ2n) is 7.42. The van der Waals surface area contributed by atoms with E-state index in [1.807, 2.05) is 0 Å². The Labute approximate surface area is 162 Å². The molecular weight excluding hydrogens is 340 g/mol. The van der Waals surface area contributed by atoms with Gasteiger partial charge in [-0.2, -0.15) is 0 Å². The van der Waals surface area contributed by atoms with E-state index >= 15 is 0 Å². The quantitative estimate of drug-likeness (QED) is 0.372. The van der Waals surface area contributed by atoms with Crippen LogP contribution in [0, 0.1) is 0 Å². The van der Waals surface area contributed by atoms with Gasteiger partial charge >= 0.3 is 11.9 Å². The van der Waals surface area contributed by atoms with Gasteiger partial charge in [0.2, 0.25) is 0 Å². The van der Waals surface area contributed by atoms with Gasteiger partial charge in [-0.25, -0.2) is 9.59 Å². The second-order valence-corrected chi connectivity index (χ2v) is 7.42. The molecule has 2 rings (SSSR count). The van der Waals surface area contributed by atoms with Gasteiger partial charge in [0.25, 0.3) is 0 Å². The van der Waals surface area contributed by atoms with Gasteiger partial charge in [0, 0.05) is 11.1 Å². The fraction of sp³-hybridized carbons (Fsp3) is 0.478. The van der Waals surface area contributed by atoms with Crippen LogP contribution in [0.5, 0.6) is 0 Å². The summed E-state index contributed by atoms with van der Waals surface area (Å²) >= 11 is 0. The van der Waals surface area contributed by atoms with Crippen molar-refractivity contribution >= 4 is 11.9 Å². The molecule has 1 aromatic rings. The predicted molar refractivity (Wildman–Crippen MR) is 106 cm³/mol. The summed E-state index contributed by atoms with van der Waals surface area (Å²) < 4.78 is 10.6. The molecule has 0 heterocycles. The molecule has 27 heavy (non-hydrogen) atoms. The Bertz CT molecular complexity index is 679. The van der Waals surface area contributed by atoms with Gasteiger partial charge in [-0.05, 0) is 69.4 Å². The van der Waals surface area contributed by atoms with Crippen LogP contribution in [0.3, 0.4) is 0 Å². The Kier molecular flexibility index (Phi) is 7.83. The lowest BCUT2D eigenvalue weighted by Gasteiger charge is -2.28. The average Bonchev–Trinajstić information content (AvgIpc) is 2.66. The van der Waals surface area contributed by atoms with E-state index in [0.29, 0.717) is 23.7 Å². The predicted octanol–water partition coefficient (Wildman–Crippen LogP) is 4.88. The fourth-order valence-electron chi connectivity index (χ4n) is 3.29. The van der Waals surface area contributed by atoms with E-state index in [1.165, 1.54) is 11.1 Å². The van der Waals surface area contributed by atoms with E-state index in [-0.39, 0.29) is 18.0 Å². The van der Waals surface area contributed by atoms with Crippen molar-refractivity contribution in [2.45, 2.75) is 64.4 Å². The molecule has 0 bridgehead atoms. The van der Waals surface area contributed by atoms with Crippen LogP contribution in [0.15, 0.2) is 48.6 Å². The first-order valence-electron chi connectivity index (χ1n) is 9.64. The number of carbonyl (C=O) groups excluding carboxylic acids is 2. The number of hydrogen-bond acceptors (Lipinski definition) is 4. The van der Waals surface area contributed by atoms with Crippen LogP contribution < -0.4 is 0 Å². The molecule has 0 N–H and O–H groups in total. The minimum absolute atomic E-state index is 0.0200. The number of hydrogen-bond donors (Lipinski definition) is 0. The average molecular weight is 370 g/mol. The van der Waals surface area contributed by atoms with Crippen molar-refractivity contribution in [2.75, 3.05) is 6.61 Å². The zero-order valence-corrected chi connectivity index (χ0v) is 16.5. The van der Waals surface area contributed by atoms with Crippen molar-refractivity contribution in [3.63, 3.8) is 0 Å². The van der Waals surface area contributed by atoms with Crippen molar-refractivity contribution in [1.29, 1.82) is 0 Å². The standard InChI is InChI=1S/C23H30O4/c1-16(2)22(24)26-15-5-6-18-7-9-19(10-8-18)20-11-13-21(14-12-20)27-23(25)17(3)4/h7-10,20-21H,1,3,5-6,11-15H2,2,4H3. The molecule has 0 saturated heterocycles. The van der Waals surface area contributed by atoms with E-state index in [1.54, 1.807) is 13.8 Å². The molecule has 0 amide bonds. The Balaban J connectivity index is 1.74. The largest absolute Gasteiger partial charge is 0.462 e. The minimum atomic E-state index is -0.324. The highest BCUT2D eigenvalue weighted by Crippen LogP contribution is 2.34. The van der Waals surface area contributed by atoms with Crippen molar-refractivity contribution in [3.05, 3.63) is 59.7 Å². The summed E-state index contributed by atoms with van der Waals surface area (Å²) in [7, 11) is 0. The van der Waals surface area contributed by atoms with Crippen molar-refractivity contribution < 1.29 is 19.1 Å². The first kappa shape index (κ1) is 20.9. The summed E-state index contributed by atoms with van der Waals surface area (Å²) in [4.78, 5) is 23.0. The summed E-state index contributed by atoms with van der Waals surface area (Å²) in [6.07, 6.45) is 5.57. The van der Waals surface area contributed by atoms with Crippen molar-refractivity contribution in [1.82, 2.24) is 0 Å². The van der Waals surface area contributed by atoms with Crippen LogP contribution in [0.1, 0.15) is 63.0 Å². The molecular formula is C23H30O4. The molecule has 4 nitrogen and oxygen atoms in total. The molecule has 1 saturated carbocycles. The number of ether oxygens (including phenoxy) is 2. The monoisotopic (exact) mass is 370 g/mol. The van der Waals surface area contributed by atoms with Crippen LogP contribution in [0.25, 0.3) is 0 Å². The number of benzene rings is 1. The van der Waals surface area contributed by atoms with Gasteiger partial charge in [0.1, 0.15) is 6.10 Å². The Morgan fingerprint density at radius 1 is 0.963 bits per heavy atom. The van der Waals surface area contributed by atoms with Gasteiger partial charge in [0.15, 0.2) is 0 Å². The molecule has 0 aromatic heterocycles. The molecule has 0 aliphatic heterocycles. The normalized spacial score (nSPS) is 19.2. The third kappa shape index (κ3) is 6.70. The summed E-state index contributed by atoms with van der Waals surface area (Å²) in [5.74, 6) is -0.0815. The van der Waals surface area contributed by atoms with Crippen LogP contribution in [-0.2, 0) is 25.5 Å². The Morgan fingerprint density at radius 2 is 1.56 bits per heavy atom. The lowest BCUT2D eigenvalue weighted by molar-refractivity contribution is -0.145. The highest BCUT2D eigenvalue weighted by Gasteiger charge is 2.25. The molecule has 1 aliphatic rings. The van der Waals surface area contributed by atoms with Crippen molar-refractivity contribution in [2.24, 2.45) is 0 Å². The van der Waals surface area contributed by atoms with Gasteiger partial charge in [-0.3, -0.25) is 0 Å². The minimum Gasteiger partial charge on any atom is -0.462 e. The SMILES string of the molecule is C=C(C)C(=O)OCCCc1ccc(C2CCC(OC(=O)C(=C)C)CC2)cc1. The molecule has 0 atom stereocenters. The summed E-state index contributed by atoms with van der Waals surface area (Å²) in [5, 5.41) is 0. The number of aryl methyl sites for hydroxylation is 1. The van der Waals surface area contributed by atoms with E-state index in [4.69, 9.17) is 9.47 Å². The third-order valence-corrected chi connectivity index (χ3v) is 4.94. The smallest absolute Gasteiger partial charge is 0.333 e. The molecule has 0 spiro atoms. The molecule has 1 aliphatic carbocycles. The van der Waals surface area contributed by atoms with Crippen LogP contribution >= 0.6 is 0 Å². The molecule has 1 fully saturated rings. The van der Waals surface area contributed by atoms with Crippen LogP contribution in [0.4, 0.5) is 0 Å². The number of esters is 2. The van der Waals surface area contributed by atoms with Crippen LogP contribution in [-0.4, -0.2) is 24.6 Å². The van der Waals surface area contributed by atoms with E-state index < -0.39 is 0 Å². The zero-order chi connectivity index (χ0) is 19.8. The Morgan fingerprint density at radius 3 is 2.11 bits per heavy atom. The first-order chi connectivity index (χ1) is 12.9.